The van der Waals surface area contributed by atoms with Crippen LogP contribution in [0, 0.1) is 0 Å². The first kappa shape index (κ1) is 22.2. The fourth-order valence-electron chi connectivity index (χ4n) is 2.28. The van der Waals surface area contributed by atoms with E-state index in [1.165, 1.54) is 12.1 Å². The molecule has 1 amide bonds. The third-order valence-corrected chi connectivity index (χ3v) is 4.29. The Balaban J connectivity index is 0.00000529. The minimum absolute atomic E-state index is 0. The molecule has 24 heavy (non-hydrogen) atoms. The molecule has 0 aliphatic carbocycles. The molecular formula is C15H25ClN4O3S. The van der Waals surface area contributed by atoms with Gasteiger partial charge in [-0.2, -0.15) is 4.99 Å². The van der Waals surface area contributed by atoms with Crippen molar-refractivity contribution in [3.05, 3.63) is 23.8 Å². The molecule has 0 saturated carbocycles. The topological polar surface area (TPSA) is 119 Å². The molecule has 0 aliphatic heterocycles. The lowest BCUT2D eigenvalue weighted by Crippen LogP contribution is -2.27. The second kappa shape index (κ2) is 9.48. The smallest absolute Gasteiger partial charge is 0.280 e. The van der Waals surface area contributed by atoms with Crippen LogP contribution in [-0.2, 0) is 9.84 Å². The average molecular weight is 377 g/mol. The Morgan fingerprint density at radius 1 is 1.17 bits per heavy atom. The summed E-state index contributed by atoms with van der Waals surface area (Å²) < 4.78 is 24.3. The highest BCUT2D eigenvalue weighted by atomic mass is 35.5. The zero-order valence-electron chi connectivity index (χ0n) is 14.2. The summed E-state index contributed by atoms with van der Waals surface area (Å²) >= 11 is 0. The Hall–Kier alpha value is -1.80. The van der Waals surface area contributed by atoms with Crippen molar-refractivity contribution in [1.82, 2.24) is 0 Å². The van der Waals surface area contributed by atoms with E-state index < -0.39 is 15.7 Å². The quantitative estimate of drug-likeness (QED) is 0.550. The zero-order chi connectivity index (χ0) is 17.6. The van der Waals surface area contributed by atoms with E-state index in [1.54, 1.807) is 6.07 Å². The van der Waals surface area contributed by atoms with Crippen molar-refractivity contribution >= 4 is 39.8 Å². The highest BCUT2D eigenvalue weighted by Crippen LogP contribution is 2.27. The fraction of sp³-hybridized carbons (Fsp3) is 0.467. The maximum atomic E-state index is 12.1. The number of anilines is 1. The molecule has 0 spiro atoms. The molecule has 0 fully saturated rings. The molecule has 0 aromatic heterocycles. The lowest BCUT2D eigenvalue weighted by Gasteiger charge is -2.26. The molecule has 1 aromatic rings. The number of nitrogens with zero attached hydrogens (tertiary/aromatic N) is 2. The van der Waals surface area contributed by atoms with E-state index in [-0.39, 0.29) is 28.8 Å². The Morgan fingerprint density at radius 2 is 1.71 bits per heavy atom. The molecule has 4 N–H and O–H groups in total. The lowest BCUT2D eigenvalue weighted by atomic mass is 10.1. The SMILES string of the molecule is CCCN(CCC)c1ccc(C(=O)N=C(N)N)cc1S(C)(=O)=O.Cl. The summed E-state index contributed by atoms with van der Waals surface area (Å²) in [7, 11) is -3.50. The number of rotatable bonds is 7. The van der Waals surface area contributed by atoms with E-state index in [0.717, 1.165) is 32.2 Å². The number of carbonyl (C=O) groups excluding carboxylic acids is 1. The van der Waals surface area contributed by atoms with Gasteiger partial charge in [-0.3, -0.25) is 4.79 Å². The molecule has 0 aliphatic rings. The lowest BCUT2D eigenvalue weighted by molar-refractivity contribution is 0.100. The standard InChI is InChI=1S/C15H24N4O3S.ClH/c1-4-8-19(9-5-2)12-7-6-11(14(20)18-15(16)17)10-13(12)23(3,21)22;/h6-7,10H,4-5,8-9H2,1-3H3,(H4,16,17,18,20);1H. The van der Waals surface area contributed by atoms with E-state index in [9.17, 15) is 13.2 Å². The summed E-state index contributed by atoms with van der Waals surface area (Å²) in [6, 6.07) is 4.51. The van der Waals surface area contributed by atoms with Gasteiger partial charge in [0, 0.05) is 24.9 Å². The molecule has 7 nitrogen and oxygen atoms in total. The van der Waals surface area contributed by atoms with Gasteiger partial charge in [0.1, 0.15) is 0 Å². The van der Waals surface area contributed by atoms with Crippen LogP contribution in [0.2, 0.25) is 0 Å². The second-order valence-electron chi connectivity index (χ2n) is 5.28. The Morgan fingerprint density at radius 3 is 2.12 bits per heavy atom. The van der Waals surface area contributed by atoms with Gasteiger partial charge in [0.2, 0.25) is 0 Å². The van der Waals surface area contributed by atoms with E-state index in [0.29, 0.717) is 5.69 Å². The summed E-state index contributed by atoms with van der Waals surface area (Å²) in [6.45, 7) is 5.52. The normalized spacial score (nSPS) is 10.6. The van der Waals surface area contributed by atoms with Crippen LogP contribution in [0.15, 0.2) is 28.1 Å². The van der Waals surface area contributed by atoms with Gasteiger partial charge in [-0.15, -0.1) is 12.4 Å². The summed E-state index contributed by atoms with van der Waals surface area (Å²) in [4.78, 5) is 17.5. The molecular weight excluding hydrogens is 352 g/mol. The number of sulfone groups is 1. The maximum absolute atomic E-state index is 12.1. The van der Waals surface area contributed by atoms with Gasteiger partial charge < -0.3 is 16.4 Å². The number of guanidine groups is 1. The Kier molecular flexibility index (Phi) is 8.77. The maximum Gasteiger partial charge on any atom is 0.280 e. The average Bonchev–Trinajstić information content (AvgIpc) is 2.45. The van der Waals surface area contributed by atoms with E-state index in [2.05, 4.69) is 4.99 Å². The first-order valence-electron chi connectivity index (χ1n) is 7.43. The van der Waals surface area contributed by atoms with Crippen molar-refractivity contribution in [2.75, 3.05) is 24.2 Å². The number of aliphatic imine (C=N–C) groups is 1. The molecule has 0 atom stereocenters. The van der Waals surface area contributed by atoms with Gasteiger partial charge in [-0.05, 0) is 31.0 Å². The van der Waals surface area contributed by atoms with Crippen LogP contribution >= 0.6 is 12.4 Å². The highest BCUT2D eigenvalue weighted by Gasteiger charge is 2.20. The molecule has 9 heteroatoms. The highest BCUT2D eigenvalue weighted by molar-refractivity contribution is 7.90. The summed E-state index contributed by atoms with van der Waals surface area (Å²) in [5, 5.41) is 0. The van der Waals surface area contributed by atoms with E-state index in [1.807, 2.05) is 18.7 Å². The number of hydrogen-bond donors (Lipinski definition) is 2. The third-order valence-electron chi connectivity index (χ3n) is 3.16. The summed E-state index contributed by atoms with van der Waals surface area (Å²) in [5.41, 5.74) is 11.1. The molecule has 0 radical (unpaired) electrons. The first-order valence-corrected chi connectivity index (χ1v) is 9.32. The number of carbonyl (C=O) groups is 1. The minimum Gasteiger partial charge on any atom is -0.371 e. The number of amides is 1. The monoisotopic (exact) mass is 376 g/mol. The number of benzene rings is 1. The zero-order valence-corrected chi connectivity index (χ0v) is 15.8. The van der Waals surface area contributed by atoms with Crippen LogP contribution in [0.3, 0.4) is 0 Å². The van der Waals surface area contributed by atoms with Crippen LogP contribution < -0.4 is 16.4 Å². The van der Waals surface area contributed by atoms with Crippen LogP contribution in [0.5, 0.6) is 0 Å². The van der Waals surface area contributed by atoms with Crippen LogP contribution in [0.25, 0.3) is 0 Å². The van der Waals surface area contributed by atoms with E-state index >= 15 is 0 Å². The minimum atomic E-state index is -3.50. The molecule has 1 rings (SSSR count). The van der Waals surface area contributed by atoms with Crippen molar-refractivity contribution in [2.45, 2.75) is 31.6 Å². The van der Waals surface area contributed by atoms with Crippen molar-refractivity contribution in [2.24, 2.45) is 16.5 Å². The second-order valence-corrected chi connectivity index (χ2v) is 7.27. The fourth-order valence-corrected chi connectivity index (χ4v) is 3.20. The van der Waals surface area contributed by atoms with Crippen LogP contribution in [0.1, 0.15) is 37.0 Å². The molecule has 0 saturated heterocycles. The van der Waals surface area contributed by atoms with Gasteiger partial charge in [0.25, 0.3) is 5.91 Å². The Bertz CT molecular complexity index is 695. The van der Waals surface area contributed by atoms with Gasteiger partial charge >= 0.3 is 0 Å². The van der Waals surface area contributed by atoms with Crippen LogP contribution in [0.4, 0.5) is 5.69 Å². The third kappa shape index (κ3) is 6.01. The number of nitrogens with two attached hydrogens (primary N) is 2. The van der Waals surface area contributed by atoms with Gasteiger partial charge in [0.15, 0.2) is 15.8 Å². The molecule has 0 unspecified atom stereocenters. The molecule has 136 valence electrons. The van der Waals surface area contributed by atoms with Gasteiger partial charge in [0.05, 0.1) is 10.6 Å². The first-order chi connectivity index (χ1) is 10.7. The largest absolute Gasteiger partial charge is 0.371 e. The molecule has 0 bridgehead atoms. The molecule has 0 heterocycles. The van der Waals surface area contributed by atoms with Crippen molar-refractivity contribution in [1.29, 1.82) is 0 Å². The number of halogens is 1. The van der Waals surface area contributed by atoms with Crippen molar-refractivity contribution in [3.8, 4) is 0 Å². The van der Waals surface area contributed by atoms with E-state index in [4.69, 9.17) is 11.5 Å². The molecule has 1 aromatic carbocycles. The summed E-state index contributed by atoms with van der Waals surface area (Å²) in [5.74, 6) is -1.03. The van der Waals surface area contributed by atoms with Gasteiger partial charge in [-0.1, -0.05) is 13.8 Å². The predicted octanol–water partition coefficient (Wildman–Crippen LogP) is 1.55. The van der Waals surface area contributed by atoms with Crippen molar-refractivity contribution < 1.29 is 13.2 Å². The van der Waals surface area contributed by atoms with Crippen molar-refractivity contribution in [3.63, 3.8) is 0 Å². The number of hydrogen-bond acceptors (Lipinski definition) is 4. The van der Waals surface area contributed by atoms with Gasteiger partial charge in [-0.25, -0.2) is 8.42 Å². The Labute approximate surface area is 149 Å². The van der Waals surface area contributed by atoms with Crippen LogP contribution in [-0.4, -0.2) is 39.6 Å². The predicted molar refractivity (Wildman–Crippen MR) is 99.7 cm³/mol. The summed E-state index contributed by atoms with van der Waals surface area (Å²) in [6.07, 6.45) is 2.90.